The maximum Gasteiger partial charge on any atom is 0.488 e. The molecule has 0 fully saturated rings. The molecule has 64 valence electrons. The van der Waals surface area contributed by atoms with E-state index in [1.54, 1.807) is 26.0 Å². The van der Waals surface area contributed by atoms with Crippen molar-refractivity contribution >= 4 is 12.6 Å². The number of benzene rings is 1. The van der Waals surface area contributed by atoms with E-state index in [0.29, 0.717) is 11.0 Å². The highest BCUT2D eigenvalue weighted by atomic mass is 16.4. The number of phenolic OH excluding ortho intramolecular Hbond substituents is 1. The van der Waals surface area contributed by atoms with Crippen LogP contribution >= 0.6 is 0 Å². The Labute approximate surface area is 71.4 Å². The summed E-state index contributed by atoms with van der Waals surface area (Å²) in [6.07, 6.45) is 0. The van der Waals surface area contributed by atoms with E-state index in [0.717, 1.165) is 5.56 Å². The highest BCUT2D eigenvalue weighted by Crippen LogP contribution is 2.15. The molecule has 0 spiro atoms. The molecule has 0 aromatic heterocycles. The van der Waals surface area contributed by atoms with Gasteiger partial charge >= 0.3 is 7.12 Å². The van der Waals surface area contributed by atoms with Crippen molar-refractivity contribution in [2.75, 3.05) is 0 Å². The zero-order valence-corrected chi connectivity index (χ0v) is 7.07. The molecule has 1 rings (SSSR count). The molecule has 0 aliphatic heterocycles. The molecule has 0 aliphatic carbocycles. The summed E-state index contributed by atoms with van der Waals surface area (Å²) in [5.74, 6) is 0.0955. The first-order chi connectivity index (χ1) is 5.52. The number of hydrogen-bond acceptors (Lipinski definition) is 3. The number of hydrogen-bond donors (Lipinski definition) is 3. The largest absolute Gasteiger partial charge is 0.508 e. The highest BCUT2D eigenvalue weighted by Gasteiger charge is 2.16. The van der Waals surface area contributed by atoms with Crippen LogP contribution in [0.4, 0.5) is 0 Å². The Bertz CT molecular complexity index is 297. The van der Waals surface area contributed by atoms with E-state index in [2.05, 4.69) is 0 Å². The lowest BCUT2D eigenvalue weighted by Crippen LogP contribution is -2.32. The smallest absolute Gasteiger partial charge is 0.488 e. The topological polar surface area (TPSA) is 60.7 Å². The lowest BCUT2D eigenvalue weighted by Gasteiger charge is -2.07. The van der Waals surface area contributed by atoms with Gasteiger partial charge in [-0.05, 0) is 36.5 Å². The highest BCUT2D eigenvalue weighted by molar-refractivity contribution is 6.59. The third kappa shape index (κ3) is 1.60. The lowest BCUT2D eigenvalue weighted by molar-refractivity contribution is 0.424. The third-order valence-electron chi connectivity index (χ3n) is 1.84. The minimum Gasteiger partial charge on any atom is -0.508 e. The van der Waals surface area contributed by atoms with E-state index in [9.17, 15) is 5.11 Å². The molecule has 0 radical (unpaired) electrons. The summed E-state index contributed by atoms with van der Waals surface area (Å²) in [5.41, 5.74) is 1.67. The van der Waals surface area contributed by atoms with Crippen molar-refractivity contribution in [3.8, 4) is 5.75 Å². The Hall–Kier alpha value is -0.995. The average Bonchev–Trinajstić information content (AvgIpc) is 1.96. The van der Waals surface area contributed by atoms with E-state index in [4.69, 9.17) is 10.0 Å². The van der Waals surface area contributed by atoms with Crippen molar-refractivity contribution in [1.29, 1.82) is 0 Å². The van der Waals surface area contributed by atoms with Gasteiger partial charge in [-0.1, -0.05) is 6.07 Å². The Morgan fingerprint density at radius 2 is 1.75 bits per heavy atom. The van der Waals surface area contributed by atoms with Crippen LogP contribution < -0.4 is 5.46 Å². The third-order valence-corrected chi connectivity index (χ3v) is 1.84. The van der Waals surface area contributed by atoms with E-state index in [-0.39, 0.29) is 5.75 Å². The second kappa shape index (κ2) is 3.17. The minimum atomic E-state index is -1.52. The van der Waals surface area contributed by atoms with Crippen LogP contribution in [0.5, 0.6) is 5.75 Å². The Morgan fingerprint density at radius 3 is 2.25 bits per heavy atom. The summed E-state index contributed by atoms with van der Waals surface area (Å²) in [6.45, 7) is 3.43. The first-order valence-electron chi connectivity index (χ1n) is 3.68. The van der Waals surface area contributed by atoms with Gasteiger partial charge in [0, 0.05) is 0 Å². The molecule has 0 amide bonds. The summed E-state index contributed by atoms with van der Waals surface area (Å²) >= 11 is 0. The molecule has 0 aliphatic rings. The van der Waals surface area contributed by atoms with Gasteiger partial charge in [0.15, 0.2) is 0 Å². The molecule has 0 atom stereocenters. The van der Waals surface area contributed by atoms with Crippen LogP contribution in [0.25, 0.3) is 0 Å². The number of aromatic hydroxyl groups is 1. The number of aryl methyl sites for hydroxylation is 1. The normalized spacial score (nSPS) is 10.0. The predicted octanol–water partition coefficient (Wildman–Crippen LogP) is -0.311. The fraction of sp³-hybridized carbons (Fsp3) is 0.250. The van der Waals surface area contributed by atoms with Crippen molar-refractivity contribution < 1.29 is 15.2 Å². The van der Waals surface area contributed by atoms with E-state index in [1.807, 2.05) is 0 Å². The SMILES string of the molecule is Cc1cc(O)c(C)c(B(O)O)c1. The summed E-state index contributed by atoms with van der Waals surface area (Å²) in [6, 6.07) is 3.22. The molecule has 3 N–H and O–H groups in total. The van der Waals surface area contributed by atoms with Crippen LogP contribution in [0.1, 0.15) is 11.1 Å². The second-order valence-corrected chi connectivity index (χ2v) is 2.87. The molecule has 1 aromatic carbocycles. The fourth-order valence-corrected chi connectivity index (χ4v) is 1.14. The van der Waals surface area contributed by atoms with Gasteiger partial charge in [0.25, 0.3) is 0 Å². The molecule has 0 heterocycles. The van der Waals surface area contributed by atoms with Crippen LogP contribution in [-0.2, 0) is 0 Å². The zero-order chi connectivity index (χ0) is 9.30. The van der Waals surface area contributed by atoms with Crippen LogP contribution in [0.15, 0.2) is 12.1 Å². The monoisotopic (exact) mass is 166 g/mol. The van der Waals surface area contributed by atoms with Crippen molar-refractivity contribution in [3.05, 3.63) is 23.3 Å². The van der Waals surface area contributed by atoms with E-state index < -0.39 is 7.12 Å². The van der Waals surface area contributed by atoms with Crippen LogP contribution in [0.3, 0.4) is 0 Å². The van der Waals surface area contributed by atoms with E-state index >= 15 is 0 Å². The summed E-state index contributed by atoms with van der Waals surface area (Å²) in [5, 5.41) is 27.1. The van der Waals surface area contributed by atoms with Crippen molar-refractivity contribution in [2.24, 2.45) is 0 Å². The Morgan fingerprint density at radius 1 is 1.17 bits per heavy atom. The van der Waals surface area contributed by atoms with Crippen LogP contribution in [0.2, 0.25) is 0 Å². The van der Waals surface area contributed by atoms with Gasteiger partial charge in [-0.3, -0.25) is 0 Å². The minimum absolute atomic E-state index is 0.0955. The maximum absolute atomic E-state index is 9.31. The second-order valence-electron chi connectivity index (χ2n) is 2.87. The van der Waals surface area contributed by atoms with Crippen molar-refractivity contribution in [1.82, 2.24) is 0 Å². The number of phenols is 1. The molecule has 4 heteroatoms. The van der Waals surface area contributed by atoms with Crippen LogP contribution in [-0.4, -0.2) is 22.3 Å². The lowest BCUT2D eigenvalue weighted by atomic mass is 9.76. The molecule has 0 bridgehead atoms. The summed E-state index contributed by atoms with van der Waals surface area (Å²) in [4.78, 5) is 0. The molecular formula is C8H11BO3. The number of rotatable bonds is 1. The molecule has 3 nitrogen and oxygen atoms in total. The Balaban J connectivity index is 3.28. The standard InChI is InChI=1S/C8H11BO3/c1-5-3-7(9(11)12)6(2)8(10)4-5/h3-4,10-12H,1-2H3. The molecule has 0 saturated heterocycles. The van der Waals surface area contributed by atoms with Gasteiger partial charge in [0.05, 0.1) is 0 Å². The molecule has 1 aromatic rings. The first kappa shape index (κ1) is 9.10. The Kier molecular flexibility index (Phi) is 2.40. The quantitative estimate of drug-likeness (QED) is 0.501. The van der Waals surface area contributed by atoms with Gasteiger partial charge in [-0.2, -0.15) is 0 Å². The molecule has 0 saturated carbocycles. The van der Waals surface area contributed by atoms with Crippen molar-refractivity contribution in [2.45, 2.75) is 13.8 Å². The average molecular weight is 166 g/mol. The van der Waals surface area contributed by atoms with Gasteiger partial charge in [-0.25, -0.2) is 0 Å². The van der Waals surface area contributed by atoms with Crippen molar-refractivity contribution in [3.63, 3.8) is 0 Å². The fourth-order valence-electron chi connectivity index (χ4n) is 1.14. The summed E-state index contributed by atoms with van der Waals surface area (Å²) < 4.78 is 0. The molecular weight excluding hydrogens is 155 g/mol. The summed E-state index contributed by atoms with van der Waals surface area (Å²) in [7, 11) is -1.52. The van der Waals surface area contributed by atoms with Crippen LogP contribution in [0, 0.1) is 13.8 Å². The predicted molar refractivity (Wildman–Crippen MR) is 47.4 cm³/mol. The van der Waals surface area contributed by atoms with Gasteiger partial charge in [-0.15, -0.1) is 0 Å². The first-order valence-corrected chi connectivity index (χ1v) is 3.68. The van der Waals surface area contributed by atoms with Gasteiger partial charge < -0.3 is 15.2 Å². The maximum atomic E-state index is 9.31. The molecule has 0 unspecified atom stereocenters. The van der Waals surface area contributed by atoms with Gasteiger partial charge in [0.1, 0.15) is 5.75 Å². The van der Waals surface area contributed by atoms with Gasteiger partial charge in [0.2, 0.25) is 0 Å². The molecule has 12 heavy (non-hydrogen) atoms. The van der Waals surface area contributed by atoms with E-state index in [1.165, 1.54) is 0 Å². The zero-order valence-electron chi connectivity index (χ0n) is 7.07.